The van der Waals surface area contributed by atoms with Crippen LogP contribution in [0.25, 0.3) is 11.3 Å². The van der Waals surface area contributed by atoms with Crippen LogP contribution in [0.3, 0.4) is 0 Å². The standard InChI is InChI=1S/C21H26BFNO3/c1-20(2)21(3,4)27-22(26-20)16-10-9-15(12-17(16)23)19-18(25-13-24-19)11-14-7-5-6-8-14/h9-10,12-13H,5-8,11H2,1-4H3. The van der Waals surface area contributed by atoms with E-state index in [1.54, 1.807) is 6.07 Å². The largest absolute Gasteiger partial charge is 0.497 e. The number of oxazole rings is 1. The summed E-state index contributed by atoms with van der Waals surface area (Å²) >= 11 is 0. The van der Waals surface area contributed by atoms with Gasteiger partial charge in [-0.2, -0.15) is 0 Å². The third-order valence-corrected chi connectivity index (χ3v) is 6.14. The maximum absolute atomic E-state index is 14.9. The van der Waals surface area contributed by atoms with Crippen molar-refractivity contribution in [2.24, 2.45) is 0 Å². The Labute approximate surface area is 160 Å². The van der Waals surface area contributed by atoms with Crippen LogP contribution in [0.4, 0.5) is 4.39 Å². The molecule has 1 aromatic carbocycles. The summed E-state index contributed by atoms with van der Waals surface area (Å²) in [7, 11) is -0.713. The normalized spacial score (nSPS) is 21.9. The summed E-state index contributed by atoms with van der Waals surface area (Å²) < 4.78 is 32.5. The van der Waals surface area contributed by atoms with Gasteiger partial charge in [0.1, 0.15) is 17.3 Å². The van der Waals surface area contributed by atoms with E-state index in [1.807, 2.05) is 33.8 Å². The van der Waals surface area contributed by atoms with Crippen molar-refractivity contribution in [2.45, 2.75) is 71.0 Å². The van der Waals surface area contributed by atoms with Gasteiger partial charge in [0, 0.05) is 17.4 Å². The molecule has 1 aliphatic heterocycles. The van der Waals surface area contributed by atoms with E-state index in [-0.39, 0.29) is 5.82 Å². The first-order valence-corrected chi connectivity index (χ1v) is 9.68. The predicted molar refractivity (Wildman–Crippen MR) is 103 cm³/mol. The molecule has 1 aromatic heterocycles. The van der Waals surface area contributed by atoms with Crippen LogP contribution in [0.1, 0.15) is 59.1 Å². The van der Waals surface area contributed by atoms with Gasteiger partial charge in [-0.05, 0) is 52.5 Å². The fourth-order valence-corrected chi connectivity index (χ4v) is 3.75. The molecule has 143 valence electrons. The van der Waals surface area contributed by atoms with Crippen LogP contribution in [-0.4, -0.2) is 23.3 Å². The molecule has 2 aliphatic rings. The fraction of sp³-hybridized carbons (Fsp3) is 0.524. The average Bonchev–Trinajstić information content (AvgIpc) is 3.29. The molecule has 4 nitrogen and oxygen atoms in total. The van der Waals surface area contributed by atoms with Crippen molar-refractivity contribution in [3.63, 3.8) is 0 Å². The van der Waals surface area contributed by atoms with Crippen molar-refractivity contribution in [1.29, 1.82) is 0 Å². The summed E-state index contributed by atoms with van der Waals surface area (Å²) in [5.74, 6) is 1.95. The molecule has 0 amide bonds. The van der Waals surface area contributed by atoms with Gasteiger partial charge in [-0.25, -0.2) is 9.37 Å². The molecule has 0 unspecified atom stereocenters. The number of hydrogen-bond donors (Lipinski definition) is 0. The lowest BCUT2D eigenvalue weighted by atomic mass is 9.78. The van der Waals surface area contributed by atoms with E-state index < -0.39 is 18.3 Å². The number of nitrogens with zero attached hydrogens (tertiary/aromatic N) is 1. The van der Waals surface area contributed by atoms with Gasteiger partial charge >= 0.3 is 7.12 Å². The molecule has 1 saturated heterocycles. The second-order valence-corrected chi connectivity index (χ2v) is 8.58. The number of halogens is 1. The van der Waals surface area contributed by atoms with Gasteiger partial charge in [-0.1, -0.05) is 25.0 Å². The zero-order chi connectivity index (χ0) is 19.2. The second kappa shape index (κ2) is 6.75. The Morgan fingerprint density at radius 1 is 1.07 bits per heavy atom. The molecular weight excluding hydrogens is 344 g/mol. The van der Waals surface area contributed by atoms with E-state index in [4.69, 9.17) is 13.7 Å². The first kappa shape index (κ1) is 18.7. The Morgan fingerprint density at radius 2 is 1.74 bits per heavy atom. The van der Waals surface area contributed by atoms with E-state index >= 15 is 0 Å². The summed E-state index contributed by atoms with van der Waals surface area (Å²) in [5.41, 5.74) is 0.845. The van der Waals surface area contributed by atoms with Crippen LogP contribution in [0, 0.1) is 11.7 Å². The quantitative estimate of drug-likeness (QED) is 0.745. The highest BCUT2D eigenvalue weighted by Crippen LogP contribution is 2.37. The van der Waals surface area contributed by atoms with E-state index in [2.05, 4.69) is 4.98 Å². The van der Waals surface area contributed by atoms with Crippen LogP contribution in [-0.2, 0) is 15.7 Å². The number of benzene rings is 1. The molecule has 0 bridgehead atoms. The molecule has 1 saturated carbocycles. The van der Waals surface area contributed by atoms with Gasteiger partial charge in [0.05, 0.1) is 11.2 Å². The Bertz CT molecular complexity index is 811. The Hall–Kier alpha value is -1.66. The summed E-state index contributed by atoms with van der Waals surface area (Å²) in [4.78, 5) is 4.33. The zero-order valence-electron chi connectivity index (χ0n) is 16.5. The van der Waals surface area contributed by atoms with Gasteiger partial charge in [-0.15, -0.1) is 0 Å². The SMILES string of the molecule is CC1(C)OB(c2ccc(-c3ncoc3C[C]3CCCC3)cc2F)OC1(C)C. The highest BCUT2D eigenvalue weighted by Gasteiger charge is 2.52. The Balaban J connectivity index is 1.57. The van der Waals surface area contributed by atoms with Crippen molar-refractivity contribution in [3.8, 4) is 11.3 Å². The van der Waals surface area contributed by atoms with Gasteiger partial charge in [0.15, 0.2) is 6.39 Å². The van der Waals surface area contributed by atoms with Crippen LogP contribution in [0.15, 0.2) is 29.0 Å². The lowest BCUT2D eigenvalue weighted by Gasteiger charge is -2.32. The smallest absolute Gasteiger partial charge is 0.448 e. The maximum Gasteiger partial charge on any atom is 0.497 e. The fourth-order valence-electron chi connectivity index (χ4n) is 3.75. The first-order chi connectivity index (χ1) is 12.8. The zero-order valence-corrected chi connectivity index (χ0v) is 16.5. The first-order valence-electron chi connectivity index (χ1n) is 9.68. The molecule has 1 aliphatic carbocycles. The lowest BCUT2D eigenvalue weighted by Crippen LogP contribution is -2.41. The highest BCUT2D eigenvalue weighted by atomic mass is 19.1. The minimum absolute atomic E-state index is 0.353. The molecule has 0 N–H and O–H groups in total. The van der Waals surface area contributed by atoms with E-state index in [0.717, 1.165) is 30.6 Å². The van der Waals surface area contributed by atoms with Crippen molar-refractivity contribution in [3.05, 3.63) is 42.1 Å². The van der Waals surface area contributed by atoms with Crippen LogP contribution in [0.2, 0.25) is 0 Å². The third-order valence-electron chi connectivity index (χ3n) is 6.14. The topological polar surface area (TPSA) is 44.5 Å². The minimum Gasteiger partial charge on any atom is -0.448 e. The maximum atomic E-state index is 14.9. The van der Waals surface area contributed by atoms with Crippen molar-refractivity contribution < 1.29 is 18.1 Å². The number of rotatable bonds is 4. The molecule has 4 rings (SSSR count). The molecule has 0 atom stereocenters. The minimum atomic E-state index is -0.713. The summed E-state index contributed by atoms with van der Waals surface area (Å²) in [5, 5.41) is 0. The molecule has 27 heavy (non-hydrogen) atoms. The van der Waals surface area contributed by atoms with E-state index in [0.29, 0.717) is 11.2 Å². The molecule has 2 heterocycles. The number of hydrogen-bond acceptors (Lipinski definition) is 4. The van der Waals surface area contributed by atoms with Crippen molar-refractivity contribution >= 4 is 12.6 Å². The average molecular weight is 370 g/mol. The lowest BCUT2D eigenvalue weighted by molar-refractivity contribution is 0.00578. The van der Waals surface area contributed by atoms with Gasteiger partial charge in [0.2, 0.25) is 0 Å². The molecule has 1 radical (unpaired) electrons. The third kappa shape index (κ3) is 3.45. The van der Waals surface area contributed by atoms with Gasteiger partial charge in [0.25, 0.3) is 0 Å². The van der Waals surface area contributed by atoms with Crippen molar-refractivity contribution in [1.82, 2.24) is 4.98 Å². The summed E-state index contributed by atoms with van der Waals surface area (Å²) in [6.45, 7) is 7.84. The van der Waals surface area contributed by atoms with Gasteiger partial charge in [-0.3, -0.25) is 0 Å². The molecule has 6 heteroatoms. The van der Waals surface area contributed by atoms with Gasteiger partial charge < -0.3 is 13.7 Å². The molecule has 2 fully saturated rings. The molecule has 2 aromatic rings. The van der Waals surface area contributed by atoms with Crippen LogP contribution in [0.5, 0.6) is 0 Å². The summed E-state index contributed by atoms with van der Waals surface area (Å²) in [6, 6.07) is 5.10. The van der Waals surface area contributed by atoms with Crippen LogP contribution >= 0.6 is 0 Å². The summed E-state index contributed by atoms with van der Waals surface area (Å²) in [6.07, 6.45) is 7.02. The highest BCUT2D eigenvalue weighted by molar-refractivity contribution is 6.62. The van der Waals surface area contributed by atoms with E-state index in [1.165, 1.54) is 31.2 Å². The number of aromatic nitrogens is 1. The molecule has 0 spiro atoms. The Kier molecular flexibility index (Phi) is 4.67. The Morgan fingerprint density at radius 3 is 2.37 bits per heavy atom. The van der Waals surface area contributed by atoms with Crippen molar-refractivity contribution in [2.75, 3.05) is 0 Å². The monoisotopic (exact) mass is 370 g/mol. The van der Waals surface area contributed by atoms with E-state index in [9.17, 15) is 4.39 Å². The second-order valence-electron chi connectivity index (χ2n) is 8.58. The molecular formula is C21H26BFNO3. The predicted octanol–water partition coefficient (Wildman–Crippen LogP) is 4.47. The van der Waals surface area contributed by atoms with Crippen LogP contribution < -0.4 is 5.46 Å².